The van der Waals surface area contributed by atoms with Gasteiger partial charge >= 0.3 is 6.18 Å². The number of carbonyl (C=O) groups excluding carboxylic acids is 1. The van der Waals surface area contributed by atoms with Crippen molar-refractivity contribution in [2.75, 3.05) is 25.0 Å². The molecule has 4 rings (SSSR count). The number of alkyl halides is 3. The van der Waals surface area contributed by atoms with Gasteiger partial charge in [-0.3, -0.25) is 4.79 Å². The Kier molecular flexibility index (Phi) is 6.21. The van der Waals surface area contributed by atoms with Gasteiger partial charge in [-0.2, -0.15) is 13.2 Å². The number of nitrogens with zero attached hydrogens (tertiary/aromatic N) is 4. The number of pyridine rings is 1. The van der Waals surface area contributed by atoms with Crippen LogP contribution in [0.15, 0.2) is 24.5 Å². The summed E-state index contributed by atoms with van der Waals surface area (Å²) in [5.41, 5.74) is 0.128. The summed E-state index contributed by atoms with van der Waals surface area (Å²) in [7, 11) is 0. The van der Waals surface area contributed by atoms with Crippen molar-refractivity contribution in [3.63, 3.8) is 0 Å². The molecular formula is C22H26F3N5O2. The highest BCUT2D eigenvalue weighted by molar-refractivity contribution is 5.95. The molecule has 2 fully saturated rings. The Hall–Kier alpha value is -2.91. The number of amides is 1. The molecule has 1 amide bonds. The number of anilines is 1. The van der Waals surface area contributed by atoms with Gasteiger partial charge in [-0.15, -0.1) is 0 Å². The third-order valence-corrected chi connectivity index (χ3v) is 5.91. The third-order valence-electron chi connectivity index (χ3n) is 5.91. The van der Waals surface area contributed by atoms with Gasteiger partial charge in [0.25, 0.3) is 5.91 Å². The molecule has 2 aromatic rings. The number of nitrogens with one attached hydrogen (secondary N) is 1. The van der Waals surface area contributed by atoms with E-state index in [1.54, 1.807) is 6.07 Å². The molecule has 7 nitrogen and oxygen atoms in total. The molecule has 0 aromatic carbocycles. The van der Waals surface area contributed by atoms with Crippen molar-refractivity contribution in [1.29, 1.82) is 0 Å². The molecule has 0 spiro atoms. The fraction of sp³-hybridized carbons (Fsp3) is 0.545. The van der Waals surface area contributed by atoms with Crippen LogP contribution >= 0.6 is 0 Å². The van der Waals surface area contributed by atoms with Crippen LogP contribution in [-0.2, 0) is 6.18 Å². The summed E-state index contributed by atoms with van der Waals surface area (Å²) in [6.45, 7) is 5.29. The maximum absolute atomic E-state index is 13.5. The van der Waals surface area contributed by atoms with E-state index in [0.29, 0.717) is 43.0 Å². The molecule has 10 heteroatoms. The first kappa shape index (κ1) is 22.3. The molecule has 0 unspecified atom stereocenters. The Morgan fingerprint density at radius 3 is 2.66 bits per heavy atom. The number of hydrogen-bond donors (Lipinski definition) is 1. The summed E-state index contributed by atoms with van der Waals surface area (Å²) in [4.78, 5) is 27.3. The molecule has 1 aliphatic carbocycles. The van der Waals surface area contributed by atoms with E-state index in [9.17, 15) is 18.0 Å². The molecule has 3 atom stereocenters. The van der Waals surface area contributed by atoms with E-state index >= 15 is 0 Å². The van der Waals surface area contributed by atoms with Crippen LogP contribution in [0.2, 0.25) is 0 Å². The second-order valence-corrected chi connectivity index (χ2v) is 8.42. The van der Waals surface area contributed by atoms with Crippen molar-refractivity contribution in [2.24, 2.45) is 11.8 Å². The van der Waals surface area contributed by atoms with Gasteiger partial charge in [0.15, 0.2) is 11.4 Å². The fourth-order valence-corrected chi connectivity index (χ4v) is 4.08. The number of halogens is 3. The molecule has 1 saturated heterocycles. The van der Waals surface area contributed by atoms with Gasteiger partial charge in [-0.25, -0.2) is 15.0 Å². The van der Waals surface area contributed by atoms with Crippen LogP contribution in [0.5, 0.6) is 5.75 Å². The van der Waals surface area contributed by atoms with Crippen LogP contribution in [-0.4, -0.2) is 51.5 Å². The fourth-order valence-electron chi connectivity index (χ4n) is 4.08. The first-order valence-electron chi connectivity index (χ1n) is 10.8. The second-order valence-electron chi connectivity index (χ2n) is 8.42. The van der Waals surface area contributed by atoms with Crippen LogP contribution < -0.4 is 10.1 Å². The normalized spacial score (nSPS) is 22.3. The highest BCUT2D eigenvalue weighted by Gasteiger charge is 2.47. The minimum atomic E-state index is -4.48. The van der Waals surface area contributed by atoms with Gasteiger partial charge < -0.3 is 15.0 Å². The summed E-state index contributed by atoms with van der Waals surface area (Å²) in [5, 5.41) is 2.99. The van der Waals surface area contributed by atoms with E-state index in [0.717, 1.165) is 37.4 Å². The largest absolute Gasteiger partial charge is 0.491 e. The molecule has 1 saturated carbocycles. The van der Waals surface area contributed by atoms with E-state index < -0.39 is 11.7 Å². The number of carbonyl (C=O) groups is 1. The molecule has 32 heavy (non-hydrogen) atoms. The summed E-state index contributed by atoms with van der Waals surface area (Å²) in [5.74, 6) is 1.44. The highest BCUT2D eigenvalue weighted by Crippen LogP contribution is 2.47. The van der Waals surface area contributed by atoms with Crippen LogP contribution in [0, 0.1) is 18.8 Å². The zero-order valence-electron chi connectivity index (χ0n) is 18.0. The van der Waals surface area contributed by atoms with Crippen LogP contribution in [0.1, 0.15) is 47.9 Å². The minimum Gasteiger partial charge on any atom is -0.491 e. The van der Waals surface area contributed by atoms with E-state index in [1.807, 2.05) is 24.8 Å². The van der Waals surface area contributed by atoms with Crippen molar-refractivity contribution < 1.29 is 22.7 Å². The molecule has 1 aliphatic heterocycles. The lowest BCUT2D eigenvalue weighted by Crippen LogP contribution is -2.48. The Bertz CT molecular complexity index is 967. The molecular weight excluding hydrogens is 423 g/mol. The van der Waals surface area contributed by atoms with Crippen LogP contribution in [0.25, 0.3) is 0 Å². The van der Waals surface area contributed by atoms with Crippen molar-refractivity contribution in [3.05, 3.63) is 41.5 Å². The Labute approximate surface area is 184 Å². The van der Waals surface area contributed by atoms with Gasteiger partial charge in [-0.05, 0) is 50.2 Å². The van der Waals surface area contributed by atoms with Gasteiger partial charge in [0, 0.05) is 37.2 Å². The van der Waals surface area contributed by atoms with Gasteiger partial charge in [0.2, 0.25) is 5.95 Å². The molecule has 2 aliphatic rings. The predicted molar refractivity (Wildman–Crippen MR) is 111 cm³/mol. The average Bonchev–Trinajstić information content (AvgIpc) is 3.53. The van der Waals surface area contributed by atoms with E-state index in [2.05, 4.69) is 20.3 Å². The minimum absolute atomic E-state index is 0.101. The molecule has 0 bridgehead atoms. The smallest absolute Gasteiger partial charge is 0.419 e. The number of fused-ring (bicyclic) bond motifs is 1. The zero-order valence-corrected chi connectivity index (χ0v) is 18.0. The average molecular weight is 449 g/mol. The summed E-state index contributed by atoms with van der Waals surface area (Å²) >= 11 is 0. The second kappa shape index (κ2) is 8.91. The van der Waals surface area contributed by atoms with E-state index in [4.69, 9.17) is 4.74 Å². The lowest BCUT2D eigenvalue weighted by atomic mass is 10.0. The van der Waals surface area contributed by atoms with Crippen molar-refractivity contribution in [2.45, 2.75) is 45.3 Å². The lowest BCUT2D eigenvalue weighted by Gasteiger charge is -2.35. The molecule has 1 N–H and O–H groups in total. The van der Waals surface area contributed by atoms with Gasteiger partial charge in [0.1, 0.15) is 0 Å². The van der Waals surface area contributed by atoms with Crippen LogP contribution in [0.4, 0.5) is 19.1 Å². The number of likely N-dealkylation sites (tertiary alicyclic amines) is 1. The number of aryl methyl sites for hydroxylation is 1. The number of ether oxygens (including phenoxy) is 1. The van der Waals surface area contributed by atoms with Crippen molar-refractivity contribution in [1.82, 2.24) is 19.9 Å². The quantitative estimate of drug-likeness (QED) is 0.690. The number of hydrogen-bond acceptors (Lipinski definition) is 6. The number of piperidine rings is 1. The number of rotatable bonds is 7. The van der Waals surface area contributed by atoms with Crippen LogP contribution in [0.3, 0.4) is 0 Å². The number of aromatic nitrogens is 3. The highest BCUT2D eigenvalue weighted by atomic mass is 19.4. The standard InChI is InChI=1S/C22H26F3N5O2/c1-3-6-32-18-5-4-13(2)29-19(18)20(31)30-12-15-7-14(15)8-17(30)11-28-21-26-9-16(10-27-21)22(23,24)25/h4-5,9-10,14-15,17H,3,6-8,11-12H2,1-2H3,(H,26,27,28)/t14-,15+,17+/m1/s1. The van der Waals surface area contributed by atoms with Gasteiger partial charge in [-0.1, -0.05) is 6.92 Å². The first-order chi connectivity index (χ1) is 15.3. The Morgan fingerprint density at radius 1 is 1.22 bits per heavy atom. The Balaban J connectivity index is 1.49. The summed E-state index contributed by atoms with van der Waals surface area (Å²) in [6, 6.07) is 3.45. The van der Waals surface area contributed by atoms with Crippen molar-refractivity contribution in [3.8, 4) is 5.75 Å². The van der Waals surface area contributed by atoms with Gasteiger partial charge in [0.05, 0.1) is 12.2 Å². The molecule has 3 heterocycles. The predicted octanol–water partition coefficient (Wildman–Crippen LogP) is 3.95. The lowest BCUT2D eigenvalue weighted by molar-refractivity contribution is -0.138. The summed E-state index contributed by atoms with van der Waals surface area (Å²) in [6.07, 6.45) is -0.258. The molecule has 0 radical (unpaired) electrons. The monoisotopic (exact) mass is 449 g/mol. The topological polar surface area (TPSA) is 80.2 Å². The molecule has 2 aromatic heterocycles. The zero-order chi connectivity index (χ0) is 22.9. The van der Waals surface area contributed by atoms with E-state index in [1.165, 1.54) is 0 Å². The van der Waals surface area contributed by atoms with Crippen molar-refractivity contribution >= 4 is 11.9 Å². The Morgan fingerprint density at radius 2 is 1.97 bits per heavy atom. The third kappa shape index (κ3) is 4.94. The summed E-state index contributed by atoms with van der Waals surface area (Å²) < 4.78 is 43.9. The maximum atomic E-state index is 13.5. The maximum Gasteiger partial charge on any atom is 0.419 e. The molecule has 172 valence electrons. The van der Waals surface area contributed by atoms with E-state index in [-0.39, 0.29) is 17.9 Å². The first-order valence-corrected chi connectivity index (χ1v) is 10.8. The SMILES string of the molecule is CCCOc1ccc(C)nc1C(=O)N1C[C@@H]2C[C@@H]2C[C@H]1CNc1ncc(C(F)(F)F)cn1.